The van der Waals surface area contributed by atoms with E-state index in [1.54, 1.807) is 4.57 Å². The number of hydrogen-bond acceptors (Lipinski definition) is 6. The average Bonchev–Trinajstić information content (AvgIpc) is 3.27. The number of carbonyl (C=O) groups excluding carboxylic acids is 3. The number of nitrogens with zero attached hydrogens (tertiary/aromatic N) is 1. The Morgan fingerprint density at radius 3 is 2.48 bits per heavy atom. The van der Waals surface area contributed by atoms with Gasteiger partial charge in [0, 0.05) is 36.9 Å². The highest BCUT2D eigenvalue weighted by atomic mass is 35.5. The maximum atomic E-state index is 13.1. The number of amides is 1. The van der Waals surface area contributed by atoms with Crippen molar-refractivity contribution in [2.75, 3.05) is 7.11 Å². The van der Waals surface area contributed by atoms with E-state index < -0.39 is 29.1 Å². The second kappa shape index (κ2) is 9.76. The third-order valence-corrected chi connectivity index (χ3v) is 6.92. The molecule has 1 aromatic rings. The number of aromatic nitrogens is 1. The van der Waals surface area contributed by atoms with Gasteiger partial charge in [0.1, 0.15) is 11.3 Å². The van der Waals surface area contributed by atoms with Crippen LogP contribution in [-0.4, -0.2) is 45.6 Å². The largest absolute Gasteiger partial charge is 0.460 e. The molecule has 1 aliphatic carbocycles. The molecule has 1 aromatic heterocycles. The van der Waals surface area contributed by atoms with Crippen LogP contribution in [0.25, 0.3) is 0 Å². The Bertz CT molecular complexity index is 924. The number of Topliss-reactive ketones (excluding diaryl/α,β-unsaturated/α-hetero) is 1. The zero-order valence-electron chi connectivity index (χ0n) is 20.1. The predicted octanol–water partition coefficient (Wildman–Crippen LogP) is 3.70. The summed E-state index contributed by atoms with van der Waals surface area (Å²) in [6.07, 6.45) is 3.40. The number of halogens is 1. The van der Waals surface area contributed by atoms with Gasteiger partial charge in [0.25, 0.3) is 11.7 Å². The van der Waals surface area contributed by atoms with Crippen LogP contribution in [0.4, 0.5) is 0 Å². The molecule has 0 aromatic carbocycles. The number of fused-ring (bicyclic) bond motifs is 1. The minimum Gasteiger partial charge on any atom is -0.460 e. The van der Waals surface area contributed by atoms with Crippen molar-refractivity contribution in [1.82, 2.24) is 9.88 Å². The Kier molecular flexibility index (Phi) is 7.61. The summed E-state index contributed by atoms with van der Waals surface area (Å²) in [5, 5.41) is 13.2. The number of carbonyl (C=O) groups is 3. The van der Waals surface area contributed by atoms with E-state index in [0.29, 0.717) is 37.8 Å². The van der Waals surface area contributed by atoms with Crippen LogP contribution in [0, 0.1) is 5.92 Å². The fourth-order valence-electron chi connectivity index (χ4n) is 4.87. The molecule has 1 aliphatic heterocycles. The number of ether oxygens (including phenoxy) is 2. The van der Waals surface area contributed by atoms with Gasteiger partial charge in [-0.15, -0.1) is 0 Å². The lowest BCUT2D eigenvalue weighted by atomic mass is 9.76. The molecular weight excluding hydrogens is 448 g/mol. The van der Waals surface area contributed by atoms with Crippen molar-refractivity contribution in [3.63, 3.8) is 0 Å². The molecular formula is C24H35ClN2O6. The maximum absolute atomic E-state index is 13.1. The first-order valence-electron chi connectivity index (χ1n) is 11.6. The lowest BCUT2D eigenvalue weighted by Gasteiger charge is -2.38. The Morgan fingerprint density at radius 1 is 1.27 bits per heavy atom. The summed E-state index contributed by atoms with van der Waals surface area (Å²) in [6.45, 7) is 8.03. The molecule has 3 rings (SSSR count). The SMILES string of the molecule is COC(O)c1c(Cl)c(C(=O)C(=O)NC2(C)CCC(CC(=O)OC(C)(C)C)CC2)n2c1CCC2. The topological polar surface area (TPSA) is 107 Å². The number of ketones is 1. The zero-order chi connectivity index (χ0) is 24.6. The molecule has 9 heteroatoms. The van der Waals surface area contributed by atoms with Crippen LogP contribution in [0.3, 0.4) is 0 Å². The number of rotatable bonds is 7. The molecule has 8 nitrogen and oxygen atoms in total. The second-order valence-electron chi connectivity index (χ2n) is 10.4. The molecule has 1 saturated carbocycles. The van der Waals surface area contributed by atoms with Gasteiger partial charge in [0.05, 0.1) is 5.02 Å². The van der Waals surface area contributed by atoms with Crippen molar-refractivity contribution in [2.45, 2.75) is 96.6 Å². The molecule has 0 radical (unpaired) electrons. The summed E-state index contributed by atoms with van der Waals surface area (Å²) in [7, 11) is 1.36. The van der Waals surface area contributed by atoms with E-state index in [1.165, 1.54) is 7.11 Å². The molecule has 1 unspecified atom stereocenters. The maximum Gasteiger partial charge on any atom is 0.306 e. The monoisotopic (exact) mass is 482 g/mol. The van der Waals surface area contributed by atoms with E-state index in [0.717, 1.165) is 25.0 Å². The lowest BCUT2D eigenvalue weighted by Crippen LogP contribution is -2.51. The molecule has 2 N–H and O–H groups in total. The molecule has 0 saturated heterocycles. The molecule has 2 heterocycles. The predicted molar refractivity (Wildman–Crippen MR) is 123 cm³/mol. The Hall–Kier alpha value is -1.90. The number of hydrogen-bond donors (Lipinski definition) is 2. The van der Waals surface area contributed by atoms with Gasteiger partial charge in [-0.3, -0.25) is 14.4 Å². The zero-order valence-corrected chi connectivity index (χ0v) is 20.9. The van der Waals surface area contributed by atoms with Gasteiger partial charge in [0.15, 0.2) is 6.29 Å². The van der Waals surface area contributed by atoms with E-state index in [4.69, 9.17) is 21.1 Å². The van der Waals surface area contributed by atoms with Crippen LogP contribution in [0.5, 0.6) is 0 Å². The van der Waals surface area contributed by atoms with Crippen LogP contribution in [0.15, 0.2) is 0 Å². The number of esters is 1. The second-order valence-corrected chi connectivity index (χ2v) is 10.8. The van der Waals surface area contributed by atoms with E-state index in [9.17, 15) is 19.5 Å². The highest BCUT2D eigenvalue weighted by Crippen LogP contribution is 2.38. The van der Waals surface area contributed by atoms with Crippen LogP contribution >= 0.6 is 11.6 Å². The van der Waals surface area contributed by atoms with Crippen molar-refractivity contribution < 1.29 is 29.0 Å². The van der Waals surface area contributed by atoms with Crippen molar-refractivity contribution in [3.8, 4) is 0 Å². The summed E-state index contributed by atoms with van der Waals surface area (Å²) in [6, 6.07) is 0. The molecule has 0 spiro atoms. The van der Waals surface area contributed by atoms with E-state index >= 15 is 0 Å². The molecule has 2 aliphatic rings. The van der Waals surface area contributed by atoms with Crippen LogP contribution in [0.1, 0.15) is 94.3 Å². The summed E-state index contributed by atoms with van der Waals surface area (Å²) in [5.74, 6) is -1.44. The average molecular weight is 483 g/mol. The third kappa shape index (κ3) is 5.78. The van der Waals surface area contributed by atoms with Crippen LogP contribution in [-0.2, 0) is 32.0 Å². The molecule has 184 valence electrons. The molecule has 1 amide bonds. The summed E-state index contributed by atoms with van der Waals surface area (Å²) >= 11 is 6.45. The van der Waals surface area contributed by atoms with E-state index in [1.807, 2.05) is 27.7 Å². The van der Waals surface area contributed by atoms with Crippen molar-refractivity contribution in [2.24, 2.45) is 5.92 Å². The fraction of sp³-hybridized carbons (Fsp3) is 0.708. The molecule has 0 bridgehead atoms. The highest BCUT2D eigenvalue weighted by Gasteiger charge is 2.38. The number of aliphatic hydroxyl groups excluding tert-OH is 1. The first kappa shape index (κ1) is 25.7. The third-order valence-electron chi connectivity index (χ3n) is 6.54. The number of nitrogens with one attached hydrogen (secondary N) is 1. The smallest absolute Gasteiger partial charge is 0.306 e. The van der Waals surface area contributed by atoms with Crippen LogP contribution in [0.2, 0.25) is 5.02 Å². The quantitative estimate of drug-likeness (QED) is 0.265. The molecule has 33 heavy (non-hydrogen) atoms. The van der Waals surface area contributed by atoms with Gasteiger partial charge < -0.3 is 24.5 Å². The molecule has 1 fully saturated rings. The minimum absolute atomic E-state index is 0.0745. The van der Waals surface area contributed by atoms with Crippen LogP contribution < -0.4 is 5.32 Å². The lowest BCUT2D eigenvalue weighted by molar-refractivity contribution is -0.156. The summed E-state index contributed by atoms with van der Waals surface area (Å²) in [5.41, 5.74) is 0.156. The fourth-order valence-corrected chi connectivity index (χ4v) is 5.26. The van der Waals surface area contributed by atoms with Crippen molar-refractivity contribution in [1.29, 1.82) is 0 Å². The first-order valence-corrected chi connectivity index (χ1v) is 11.9. The molecule has 1 atom stereocenters. The first-order chi connectivity index (χ1) is 15.3. The Balaban J connectivity index is 1.64. The minimum atomic E-state index is -1.25. The van der Waals surface area contributed by atoms with Gasteiger partial charge in [-0.05, 0) is 72.1 Å². The van der Waals surface area contributed by atoms with Gasteiger partial charge in [0.2, 0.25) is 0 Å². The highest BCUT2D eigenvalue weighted by molar-refractivity contribution is 6.47. The Morgan fingerprint density at radius 2 is 1.91 bits per heavy atom. The van der Waals surface area contributed by atoms with Gasteiger partial charge in [-0.1, -0.05) is 11.6 Å². The standard InChI is InChI=1S/C24H35ClN2O6/c1-23(2,3)33-16(28)13-14-8-10-24(4,11-9-14)26-21(30)20(29)19-18(25)17(22(31)32-5)15-7-6-12-27(15)19/h14,22,31H,6-13H2,1-5H3,(H,26,30). The summed E-state index contributed by atoms with van der Waals surface area (Å²) in [4.78, 5) is 38.2. The van der Waals surface area contributed by atoms with E-state index in [-0.39, 0.29) is 22.6 Å². The van der Waals surface area contributed by atoms with Gasteiger partial charge in [-0.25, -0.2) is 0 Å². The number of methoxy groups -OCH3 is 1. The van der Waals surface area contributed by atoms with Crippen molar-refractivity contribution in [3.05, 3.63) is 22.0 Å². The Labute approximate surface area is 199 Å². The number of aliphatic hydroxyl groups is 1. The summed E-state index contributed by atoms with van der Waals surface area (Å²) < 4.78 is 12.2. The van der Waals surface area contributed by atoms with E-state index in [2.05, 4.69) is 5.32 Å². The normalized spacial score (nSPS) is 23.7. The van der Waals surface area contributed by atoms with Gasteiger partial charge in [-0.2, -0.15) is 0 Å². The van der Waals surface area contributed by atoms with Crippen molar-refractivity contribution >= 4 is 29.3 Å². The van der Waals surface area contributed by atoms with Gasteiger partial charge >= 0.3 is 5.97 Å².